The molecule has 0 aliphatic carbocycles. The van der Waals surface area contributed by atoms with E-state index in [1.807, 2.05) is 31.2 Å². The minimum absolute atomic E-state index is 0.0148. The van der Waals surface area contributed by atoms with Crippen LogP contribution in [0.5, 0.6) is 0 Å². The third-order valence-corrected chi connectivity index (χ3v) is 5.21. The second-order valence-corrected chi connectivity index (χ2v) is 6.70. The minimum Gasteiger partial charge on any atom is -0.468 e. The molecule has 0 spiro atoms. The summed E-state index contributed by atoms with van der Waals surface area (Å²) in [5, 5.41) is 0. The molecule has 21 heavy (non-hydrogen) atoms. The van der Waals surface area contributed by atoms with Gasteiger partial charge in [0.25, 0.3) is 0 Å². The molecule has 5 heteroatoms. The number of nitrogens with zero attached hydrogens (tertiary/aromatic N) is 1. The van der Waals surface area contributed by atoms with Crippen LogP contribution in [0, 0.1) is 6.92 Å². The molecule has 1 aromatic carbocycles. The maximum absolute atomic E-state index is 12.5. The summed E-state index contributed by atoms with van der Waals surface area (Å²) >= 11 is 0. The predicted octanol–water partition coefficient (Wildman–Crippen LogP) is 2.67. The molecule has 1 aliphatic heterocycles. The highest BCUT2D eigenvalue weighted by atomic mass is 32.2. The number of aryl methyl sites for hydroxylation is 1. The highest BCUT2D eigenvalue weighted by molar-refractivity contribution is 7.85. The molecule has 110 valence electrons. The fraction of sp³-hybridized carbons (Fsp3) is 0.312. The van der Waals surface area contributed by atoms with Gasteiger partial charge in [0.05, 0.1) is 22.0 Å². The van der Waals surface area contributed by atoms with E-state index in [0.29, 0.717) is 10.7 Å². The Morgan fingerprint density at radius 3 is 2.86 bits per heavy atom. The monoisotopic (exact) mass is 303 g/mol. The molecule has 0 saturated heterocycles. The zero-order valence-corrected chi connectivity index (χ0v) is 12.9. The molecular weight excluding hydrogens is 286 g/mol. The Balaban J connectivity index is 1.80. The zero-order chi connectivity index (χ0) is 15.0. The molecule has 1 aliphatic rings. The lowest BCUT2D eigenvalue weighted by Gasteiger charge is -2.22. The molecule has 0 saturated carbocycles. The summed E-state index contributed by atoms with van der Waals surface area (Å²) in [5.74, 6) is 0.487. The van der Waals surface area contributed by atoms with Crippen LogP contribution < -0.4 is 4.90 Å². The van der Waals surface area contributed by atoms with Gasteiger partial charge in [-0.25, -0.2) is 0 Å². The summed E-state index contributed by atoms with van der Waals surface area (Å²) in [5.41, 5.74) is 2.11. The van der Waals surface area contributed by atoms with Gasteiger partial charge >= 0.3 is 0 Å². The fourth-order valence-electron chi connectivity index (χ4n) is 2.81. The Morgan fingerprint density at radius 1 is 1.38 bits per heavy atom. The van der Waals surface area contributed by atoms with E-state index in [1.54, 1.807) is 17.9 Å². The van der Waals surface area contributed by atoms with Gasteiger partial charge in [-0.2, -0.15) is 0 Å². The Bertz CT molecular complexity index is 707. The van der Waals surface area contributed by atoms with Crippen LogP contribution in [0.15, 0.2) is 45.9 Å². The molecule has 0 bridgehead atoms. The maximum Gasteiger partial charge on any atom is 0.240 e. The third kappa shape index (κ3) is 2.53. The van der Waals surface area contributed by atoms with E-state index in [2.05, 4.69) is 0 Å². The van der Waals surface area contributed by atoms with Gasteiger partial charge in [0.15, 0.2) is 0 Å². The maximum atomic E-state index is 12.5. The molecule has 2 heterocycles. The molecule has 1 amide bonds. The molecule has 0 unspecified atom stereocenters. The summed E-state index contributed by atoms with van der Waals surface area (Å²) < 4.78 is 17.5. The molecule has 3 rings (SSSR count). The number of hydrogen-bond acceptors (Lipinski definition) is 3. The van der Waals surface area contributed by atoms with Crippen LogP contribution >= 0.6 is 0 Å². The van der Waals surface area contributed by atoms with E-state index >= 15 is 0 Å². The van der Waals surface area contributed by atoms with Crippen molar-refractivity contribution in [3.8, 4) is 0 Å². The first-order chi connectivity index (χ1) is 10.1. The standard InChI is InChI=1S/C16H17NO3S/c1-11-9-13-5-3-4-6-14(13)17(11)16(18)10-21(19)15-7-8-20-12(15)2/h3-8,11H,9-10H2,1-2H3/t11-,21+/m1/s1. The van der Waals surface area contributed by atoms with Crippen molar-refractivity contribution in [1.82, 2.24) is 0 Å². The van der Waals surface area contributed by atoms with E-state index < -0.39 is 10.8 Å². The molecule has 2 aromatic rings. The van der Waals surface area contributed by atoms with Crippen molar-refractivity contribution in [3.05, 3.63) is 47.9 Å². The summed E-state index contributed by atoms with van der Waals surface area (Å²) in [6.07, 6.45) is 2.35. The van der Waals surface area contributed by atoms with Crippen molar-refractivity contribution in [2.75, 3.05) is 10.7 Å². The van der Waals surface area contributed by atoms with Crippen molar-refractivity contribution in [1.29, 1.82) is 0 Å². The molecule has 1 aromatic heterocycles. The summed E-state index contributed by atoms with van der Waals surface area (Å²) in [6, 6.07) is 9.66. The van der Waals surface area contributed by atoms with E-state index in [9.17, 15) is 9.00 Å². The molecule has 0 N–H and O–H groups in total. The number of carbonyl (C=O) groups excluding carboxylic acids is 1. The third-order valence-electron chi connectivity index (χ3n) is 3.79. The Morgan fingerprint density at radius 2 is 2.14 bits per heavy atom. The van der Waals surface area contributed by atoms with Crippen molar-refractivity contribution in [2.24, 2.45) is 0 Å². The lowest BCUT2D eigenvalue weighted by Crippen LogP contribution is -2.38. The van der Waals surface area contributed by atoms with Gasteiger partial charge < -0.3 is 9.32 Å². The minimum atomic E-state index is -1.37. The molecule has 0 fully saturated rings. The average molecular weight is 303 g/mol. The normalized spacial score (nSPS) is 18.6. The quantitative estimate of drug-likeness (QED) is 0.876. The smallest absolute Gasteiger partial charge is 0.240 e. The first kappa shape index (κ1) is 14.1. The highest BCUT2D eigenvalue weighted by Crippen LogP contribution is 2.32. The number of rotatable bonds is 3. The number of furan rings is 1. The van der Waals surface area contributed by atoms with Gasteiger partial charge in [0, 0.05) is 11.7 Å². The van der Waals surface area contributed by atoms with E-state index in [0.717, 1.165) is 12.1 Å². The average Bonchev–Trinajstić information content (AvgIpc) is 3.00. The van der Waals surface area contributed by atoms with Crippen LogP contribution in [0.2, 0.25) is 0 Å². The lowest BCUT2D eigenvalue weighted by atomic mass is 10.1. The lowest BCUT2D eigenvalue weighted by molar-refractivity contribution is -0.116. The summed E-state index contributed by atoms with van der Waals surface area (Å²) in [7, 11) is -1.37. The van der Waals surface area contributed by atoms with Crippen molar-refractivity contribution >= 4 is 22.4 Å². The Labute approximate surface area is 126 Å². The summed E-state index contributed by atoms with van der Waals surface area (Å²) in [6.45, 7) is 3.77. The number of amides is 1. The van der Waals surface area contributed by atoms with Crippen LogP contribution in [0.1, 0.15) is 18.2 Å². The summed E-state index contributed by atoms with van der Waals surface area (Å²) in [4.78, 5) is 14.9. The van der Waals surface area contributed by atoms with Crippen LogP contribution in [0.4, 0.5) is 5.69 Å². The number of benzene rings is 1. The van der Waals surface area contributed by atoms with Gasteiger partial charge in [-0.3, -0.25) is 9.00 Å². The van der Waals surface area contributed by atoms with Gasteiger partial charge in [-0.15, -0.1) is 0 Å². The van der Waals surface area contributed by atoms with Crippen molar-refractivity contribution < 1.29 is 13.4 Å². The Hall–Kier alpha value is -1.88. The first-order valence-corrected chi connectivity index (χ1v) is 8.22. The number of carbonyl (C=O) groups is 1. The van der Waals surface area contributed by atoms with Crippen LogP contribution in [0.25, 0.3) is 0 Å². The zero-order valence-electron chi connectivity index (χ0n) is 12.0. The number of hydrogen-bond donors (Lipinski definition) is 0. The molecule has 4 nitrogen and oxygen atoms in total. The number of anilines is 1. The second kappa shape index (κ2) is 5.48. The first-order valence-electron chi connectivity index (χ1n) is 6.90. The van der Waals surface area contributed by atoms with Gasteiger partial charge in [-0.05, 0) is 38.0 Å². The molecule has 2 atom stereocenters. The molecule has 0 radical (unpaired) electrons. The van der Waals surface area contributed by atoms with Crippen molar-refractivity contribution in [3.63, 3.8) is 0 Å². The highest BCUT2D eigenvalue weighted by Gasteiger charge is 2.31. The van der Waals surface area contributed by atoms with E-state index in [4.69, 9.17) is 4.42 Å². The molecular formula is C16H17NO3S. The fourth-order valence-corrected chi connectivity index (χ4v) is 3.91. The Kier molecular flexibility index (Phi) is 3.68. The van der Waals surface area contributed by atoms with Gasteiger partial charge in [0.2, 0.25) is 5.91 Å². The predicted molar refractivity (Wildman–Crippen MR) is 81.8 cm³/mol. The number of para-hydroxylation sites is 1. The largest absolute Gasteiger partial charge is 0.468 e. The van der Waals surface area contributed by atoms with E-state index in [-0.39, 0.29) is 17.7 Å². The number of fused-ring (bicyclic) bond motifs is 1. The van der Waals surface area contributed by atoms with Crippen LogP contribution in [-0.4, -0.2) is 21.9 Å². The van der Waals surface area contributed by atoms with E-state index in [1.165, 1.54) is 11.8 Å². The SMILES string of the molecule is Cc1occc1[S@@](=O)CC(=O)N1c2ccccc2C[C@H]1C. The topological polar surface area (TPSA) is 50.5 Å². The second-order valence-electron chi connectivity index (χ2n) is 5.28. The van der Waals surface area contributed by atoms with Gasteiger partial charge in [0.1, 0.15) is 11.5 Å². The van der Waals surface area contributed by atoms with Crippen LogP contribution in [-0.2, 0) is 22.0 Å². The van der Waals surface area contributed by atoms with Gasteiger partial charge in [-0.1, -0.05) is 18.2 Å². The van der Waals surface area contributed by atoms with Crippen LogP contribution in [0.3, 0.4) is 0 Å². The van der Waals surface area contributed by atoms with Crippen molar-refractivity contribution in [2.45, 2.75) is 31.2 Å².